The summed E-state index contributed by atoms with van der Waals surface area (Å²) in [6.07, 6.45) is 0. The van der Waals surface area contributed by atoms with Gasteiger partial charge in [0.15, 0.2) is 5.17 Å². The van der Waals surface area contributed by atoms with Crippen molar-refractivity contribution in [3.05, 3.63) is 39.9 Å². The second-order valence-corrected chi connectivity index (χ2v) is 3.60. The van der Waals surface area contributed by atoms with E-state index in [2.05, 4.69) is 0 Å². The van der Waals surface area contributed by atoms with Gasteiger partial charge in [-0.05, 0) is 5.56 Å². The molecule has 3 N–H and O–H groups in total. The van der Waals surface area contributed by atoms with E-state index in [0.29, 0.717) is 5.75 Å². The maximum absolute atomic E-state index is 10.4. The molecule has 0 radical (unpaired) electrons. The van der Waals surface area contributed by atoms with E-state index in [1.807, 2.05) is 0 Å². The van der Waals surface area contributed by atoms with Gasteiger partial charge in [-0.1, -0.05) is 23.9 Å². The molecule has 0 aliphatic heterocycles. The number of nitro groups is 1. The quantitative estimate of drug-likeness (QED) is 0.370. The van der Waals surface area contributed by atoms with Gasteiger partial charge in [-0.25, -0.2) is 0 Å². The number of nitro benzene ring substituents is 1. The summed E-state index contributed by atoms with van der Waals surface area (Å²) in [5.74, 6) is 0.483. The molecule has 0 saturated heterocycles. The molecule has 0 atom stereocenters. The molecule has 0 aliphatic rings. The van der Waals surface area contributed by atoms with Crippen LogP contribution in [-0.4, -0.2) is 10.1 Å². The maximum atomic E-state index is 10.4. The van der Waals surface area contributed by atoms with Crippen LogP contribution in [0.2, 0.25) is 0 Å². The lowest BCUT2D eigenvalue weighted by Crippen LogP contribution is -2.03. The lowest BCUT2D eigenvalue weighted by Gasteiger charge is -1.99. The molecule has 0 heterocycles. The molecule has 0 unspecified atom stereocenters. The lowest BCUT2D eigenvalue weighted by molar-refractivity contribution is -0.384. The standard InChI is InChI=1S/C8H9N3O2S.ClH/c9-8(10)14-5-6-2-1-3-7(4-6)11(12)13;/h1-4H,5H2,(H3,9,10);1H. The summed E-state index contributed by atoms with van der Waals surface area (Å²) < 4.78 is 0. The molecule has 0 aromatic heterocycles. The van der Waals surface area contributed by atoms with Crippen molar-refractivity contribution in [2.75, 3.05) is 0 Å². The van der Waals surface area contributed by atoms with Crippen molar-refractivity contribution >= 4 is 35.0 Å². The number of rotatable bonds is 3. The zero-order chi connectivity index (χ0) is 10.6. The Labute approximate surface area is 97.1 Å². The van der Waals surface area contributed by atoms with Gasteiger partial charge in [0.1, 0.15) is 0 Å². The predicted octanol–water partition coefficient (Wildman–Crippen LogP) is 2.14. The van der Waals surface area contributed by atoms with Crippen molar-refractivity contribution in [3.63, 3.8) is 0 Å². The Morgan fingerprint density at radius 1 is 1.60 bits per heavy atom. The minimum atomic E-state index is -0.443. The highest BCUT2D eigenvalue weighted by molar-refractivity contribution is 8.13. The summed E-state index contributed by atoms with van der Waals surface area (Å²) in [6, 6.07) is 6.30. The number of thioether (sulfide) groups is 1. The molecule has 0 aliphatic carbocycles. The normalized spacial score (nSPS) is 9.07. The number of benzene rings is 1. The van der Waals surface area contributed by atoms with Crippen molar-refractivity contribution in [3.8, 4) is 0 Å². The minimum Gasteiger partial charge on any atom is -0.379 e. The first-order valence-corrected chi connectivity index (χ1v) is 4.78. The fourth-order valence-electron chi connectivity index (χ4n) is 0.921. The monoisotopic (exact) mass is 247 g/mol. The molecule has 0 spiro atoms. The van der Waals surface area contributed by atoms with Crippen LogP contribution in [0.1, 0.15) is 5.56 Å². The van der Waals surface area contributed by atoms with Crippen LogP contribution >= 0.6 is 24.2 Å². The van der Waals surface area contributed by atoms with Gasteiger partial charge in [0, 0.05) is 17.9 Å². The average molecular weight is 248 g/mol. The van der Waals surface area contributed by atoms with Gasteiger partial charge >= 0.3 is 0 Å². The third-order valence-corrected chi connectivity index (χ3v) is 2.30. The Balaban J connectivity index is 0.00000196. The number of hydrogen-bond acceptors (Lipinski definition) is 4. The third-order valence-electron chi connectivity index (χ3n) is 1.52. The highest BCUT2D eigenvalue weighted by Gasteiger charge is 2.05. The lowest BCUT2D eigenvalue weighted by atomic mass is 10.2. The number of halogens is 1. The molecule has 15 heavy (non-hydrogen) atoms. The molecule has 0 bridgehead atoms. The zero-order valence-electron chi connectivity index (χ0n) is 7.67. The van der Waals surface area contributed by atoms with E-state index in [4.69, 9.17) is 11.1 Å². The minimum absolute atomic E-state index is 0. The van der Waals surface area contributed by atoms with Crippen molar-refractivity contribution in [2.45, 2.75) is 5.75 Å². The first-order valence-electron chi connectivity index (χ1n) is 3.80. The topological polar surface area (TPSA) is 93.0 Å². The molecule has 0 fully saturated rings. The molecule has 7 heteroatoms. The summed E-state index contributed by atoms with van der Waals surface area (Å²) in [5, 5.41) is 17.4. The van der Waals surface area contributed by atoms with E-state index in [-0.39, 0.29) is 23.3 Å². The summed E-state index contributed by atoms with van der Waals surface area (Å²) >= 11 is 1.14. The Morgan fingerprint density at radius 3 is 2.80 bits per heavy atom. The fraction of sp³-hybridized carbons (Fsp3) is 0.125. The number of nitrogens with one attached hydrogen (secondary N) is 1. The van der Waals surface area contributed by atoms with Crippen LogP contribution in [0.3, 0.4) is 0 Å². The van der Waals surface area contributed by atoms with Gasteiger partial charge in [0.25, 0.3) is 5.69 Å². The number of hydrogen-bond donors (Lipinski definition) is 2. The predicted molar refractivity (Wildman–Crippen MR) is 63.6 cm³/mol. The van der Waals surface area contributed by atoms with Crippen LogP contribution in [0.15, 0.2) is 24.3 Å². The Kier molecular flexibility index (Phi) is 5.73. The van der Waals surface area contributed by atoms with Crippen LogP contribution in [0.4, 0.5) is 5.69 Å². The largest absolute Gasteiger partial charge is 0.379 e. The third kappa shape index (κ3) is 4.66. The maximum Gasteiger partial charge on any atom is 0.269 e. The van der Waals surface area contributed by atoms with Crippen LogP contribution in [-0.2, 0) is 5.75 Å². The second-order valence-electron chi connectivity index (χ2n) is 2.58. The second kappa shape index (κ2) is 6.26. The van der Waals surface area contributed by atoms with Crippen LogP contribution in [0.25, 0.3) is 0 Å². The molecule has 82 valence electrons. The SMILES string of the molecule is Cl.N=C(N)SCc1cccc([N+](=O)[O-])c1. The van der Waals surface area contributed by atoms with Crippen molar-refractivity contribution < 1.29 is 4.92 Å². The van der Waals surface area contributed by atoms with Crippen molar-refractivity contribution in [2.24, 2.45) is 5.73 Å². The number of non-ortho nitro benzene ring substituents is 1. The summed E-state index contributed by atoms with van der Waals surface area (Å²) in [6.45, 7) is 0. The molecule has 1 aromatic rings. The Hall–Kier alpha value is -1.27. The molecule has 0 saturated carbocycles. The van der Waals surface area contributed by atoms with Crippen molar-refractivity contribution in [1.29, 1.82) is 5.41 Å². The highest BCUT2D eigenvalue weighted by Crippen LogP contribution is 2.17. The summed E-state index contributed by atoms with van der Waals surface area (Å²) in [5.41, 5.74) is 6.00. The van der Waals surface area contributed by atoms with E-state index in [1.165, 1.54) is 12.1 Å². The number of nitrogens with two attached hydrogens (primary N) is 1. The van der Waals surface area contributed by atoms with Crippen molar-refractivity contribution in [1.82, 2.24) is 0 Å². The van der Waals surface area contributed by atoms with E-state index in [0.717, 1.165) is 17.3 Å². The number of nitrogens with zero attached hydrogens (tertiary/aromatic N) is 1. The Bertz CT molecular complexity index is 373. The summed E-state index contributed by atoms with van der Waals surface area (Å²) in [4.78, 5) is 9.98. The fourth-order valence-corrected chi connectivity index (χ4v) is 1.42. The first kappa shape index (κ1) is 13.7. The van der Waals surface area contributed by atoms with Gasteiger partial charge in [-0.15, -0.1) is 12.4 Å². The van der Waals surface area contributed by atoms with Gasteiger partial charge in [-0.3, -0.25) is 15.5 Å². The van der Waals surface area contributed by atoms with E-state index in [1.54, 1.807) is 12.1 Å². The van der Waals surface area contributed by atoms with Crippen LogP contribution < -0.4 is 5.73 Å². The molecule has 1 rings (SSSR count). The molecular formula is C8H10ClN3O2S. The number of amidine groups is 1. The van der Waals surface area contributed by atoms with E-state index in [9.17, 15) is 10.1 Å². The van der Waals surface area contributed by atoms with E-state index < -0.39 is 4.92 Å². The van der Waals surface area contributed by atoms with Crippen LogP contribution in [0.5, 0.6) is 0 Å². The summed E-state index contributed by atoms with van der Waals surface area (Å²) in [7, 11) is 0. The first-order chi connectivity index (χ1) is 6.59. The highest BCUT2D eigenvalue weighted by atomic mass is 35.5. The van der Waals surface area contributed by atoms with Gasteiger partial charge in [0.05, 0.1) is 4.92 Å². The van der Waals surface area contributed by atoms with Gasteiger partial charge in [-0.2, -0.15) is 0 Å². The van der Waals surface area contributed by atoms with Gasteiger partial charge in [0.2, 0.25) is 0 Å². The molecule has 0 amide bonds. The van der Waals surface area contributed by atoms with Crippen LogP contribution in [0, 0.1) is 15.5 Å². The molecule has 1 aromatic carbocycles. The van der Waals surface area contributed by atoms with Gasteiger partial charge < -0.3 is 5.73 Å². The smallest absolute Gasteiger partial charge is 0.269 e. The zero-order valence-corrected chi connectivity index (χ0v) is 9.31. The average Bonchev–Trinajstić information content (AvgIpc) is 2.15. The molecule has 5 nitrogen and oxygen atoms in total. The Morgan fingerprint density at radius 2 is 2.27 bits per heavy atom. The molecular weight excluding hydrogens is 238 g/mol. The van der Waals surface area contributed by atoms with E-state index >= 15 is 0 Å².